The minimum atomic E-state index is -0.0746. The molecule has 100 valence electrons. The topological polar surface area (TPSA) is 60.0 Å². The van der Waals surface area contributed by atoms with Gasteiger partial charge in [-0.15, -0.1) is 0 Å². The summed E-state index contributed by atoms with van der Waals surface area (Å²) in [6.07, 6.45) is 2.61. The average molecular weight is 257 g/mol. The Labute approximate surface area is 113 Å². The van der Waals surface area contributed by atoms with Crippen molar-refractivity contribution in [2.24, 2.45) is 0 Å². The molecule has 2 rings (SSSR count). The minimum Gasteiger partial charge on any atom is -0.397 e. The number of aryl methyl sites for hydroxylation is 1. The van der Waals surface area contributed by atoms with Gasteiger partial charge in [-0.3, -0.25) is 4.79 Å². The van der Waals surface area contributed by atoms with Crippen molar-refractivity contribution < 1.29 is 4.79 Å². The third-order valence-electron chi connectivity index (χ3n) is 3.03. The second kappa shape index (κ2) is 6.09. The van der Waals surface area contributed by atoms with Crippen LogP contribution in [0.4, 0.5) is 5.69 Å². The summed E-state index contributed by atoms with van der Waals surface area (Å²) >= 11 is 0. The molecule has 2 aromatic rings. The monoisotopic (exact) mass is 257 g/mol. The Balaban J connectivity index is 1.91. The number of carbonyl (C=O) groups excluding carboxylic acids is 1. The van der Waals surface area contributed by atoms with E-state index in [0.29, 0.717) is 17.9 Å². The summed E-state index contributed by atoms with van der Waals surface area (Å²) in [5.74, 6) is -0.0746. The van der Waals surface area contributed by atoms with E-state index in [1.807, 2.05) is 29.7 Å². The number of aromatic nitrogens is 1. The van der Waals surface area contributed by atoms with Crippen molar-refractivity contribution in [1.29, 1.82) is 0 Å². The van der Waals surface area contributed by atoms with E-state index < -0.39 is 0 Å². The molecule has 3 N–H and O–H groups in total. The Hall–Kier alpha value is -2.23. The Morgan fingerprint density at radius 1 is 1.32 bits per heavy atom. The molecular weight excluding hydrogens is 238 g/mol. The molecule has 1 aromatic carbocycles. The first-order chi connectivity index (χ1) is 9.20. The van der Waals surface area contributed by atoms with Gasteiger partial charge in [0, 0.05) is 19.3 Å². The second-order valence-corrected chi connectivity index (χ2v) is 4.44. The van der Waals surface area contributed by atoms with Crippen LogP contribution in [0.15, 0.2) is 42.6 Å². The molecule has 0 aliphatic rings. The van der Waals surface area contributed by atoms with Crippen molar-refractivity contribution in [2.45, 2.75) is 19.9 Å². The highest BCUT2D eigenvalue weighted by atomic mass is 16.1. The number of anilines is 1. The first-order valence-electron chi connectivity index (χ1n) is 6.48. The van der Waals surface area contributed by atoms with Gasteiger partial charge in [-0.2, -0.15) is 0 Å². The van der Waals surface area contributed by atoms with Crippen LogP contribution in [0.1, 0.15) is 23.0 Å². The predicted molar refractivity (Wildman–Crippen MR) is 77.0 cm³/mol. The van der Waals surface area contributed by atoms with E-state index in [2.05, 4.69) is 17.4 Å². The zero-order chi connectivity index (χ0) is 13.7. The summed E-state index contributed by atoms with van der Waals surface area (Å²) < 4.78 is 1.85. The zero-order valence-corrected chi connectivity index (χ0v) is 11.1. The van der Waals surface area contributed by atoms with Crippen LogP contribution in [0.2, 0.25) is 0 Å². The fourth-order valence-corrected chi connectivity index (χ4v) is 2.04. The highest BCUT2D eigenvalue weighted by Gasteiger charge is 2.11. The van der Waals surface area contributed by atoms with Crippen LogP contribution in [0.3, 0.4) is 0 Å². The highest BCUT2D eigenvalue weighted by molar-refractivity contribution is 5.93. The van der Waals surface area contributed by atoms with Crippen molar-refractivity contribution in [3.05, 3.63) is 53.9 Å². The molecule has 0 radical (unpaired) electrons. The van der Waals surface area contributed by atoms with E-state index in [0.717, 1.165) is 13.0 Å². The van der Waals surface area contributed by atoms with Gasteiger partial charge in [0.15, 0.2) is 0 Å². The maximum Gasteiger partial charge on any atom is 0.267 e. The van der Waals surface area contributed by atoms with E-state index in [1.54, 1.807) is 12.3 Å². The number of nitrogens with one attached hydrogen (secondary N) is 1. The Kier molecular flexibility index (Phi) is 4.23. The van der Waals surface area contributed by atoms with Gasteiger partial charge in [-0.05, 0) is 25.0 Å². The Morgan fingerprint density at radius 2 is 2.05 bits per heavy atom. The van der Waals surface area contributed by atoms with Gasteiger partial charge in [-0.25, -0.2) is 0 Å². The molecule has 0 bridgehead atoms. The molecule has 1 aromatic heterocycles. The van der Waals surface area contributed by atoms with E-state index >= 15 is 0 Å². The lowest BCUT2D eigenvalue weighted by Gasteiger charge is -2.07. The molecular formula is C15H19N3O. The molecule has 4 heteroatoms. The molecule has 0 atom stereocenters. The van der Waals surface area contributed by atoms with Crippen LogP contribution in [-0.4, -0.2) is 17.0 Å². The van der Waals surface area contributed by atoms with Crippen LogP contribution >= 0.6 is 0 Å². The number of nitrogens with two attached hydrogens (primary N) is 1. The number of hydrogen-bond donors (Lipinski definition) is 2. The maximum atomic E-state index is 12.0. The summed E-state index contributed by atoms with van der Waals surface area (Å²) in [7, 11) is 0. The molecule has 19 heavy (non-hydrogen) atoms. The number of nitrogen functional groups attached to an aromatic ring is 1. The third-order valence-corrected chi connectivity index (χ3v) is 3.03. The summed E-state index contributed by atoms with van der Waals surface area (Å²) in [6, 6.07) is 11.8. The fourth-order valence-electron chi connectivity index (χ4n) is 2.04. The summed E-state index contributed by atoms with van der Waals surface area (Å²) in [6.45, 7) is 3.34. The molecule has 1 amide bonds. The Morgan fingerprint density at radius 3 is 2.74 bits per heavy atom. The standard InChI is InChI=1S/C15H19N3O/c1-2-18-11-13(16)10-14(18)15(19)17-9-8-12-6-4-3-5-7-12/h3-7,10-11H,2,8-9,16H2,1H3,(H,17,19). The normalized spacial score (nSPS) is 10.4. The molecule has 0 fully saturated rings. The van der Waals surface area contributed by atoms with Crippen LogP contribution in [0, 0.1) is 0 Å². The van der Waals surface area contributed by atoms with Crippen molar-refractivity contribution >= 4 is 11.6 Å². The fraction of sp³-hybridized carbons (Fsp3) is 0.267. The molecule has 0 saturated carbocycles. The maximum absolute atomic E-state index is 12.0. The van der Waals surface area contributed by atoms with Crippen molar-refractivity contribution in [3.8, 4) is 0 Å². The SMILES string of the molecule is CCn1cc(N)cc1C(=O)NCCc1ccccc1. The van der Waals surface area contributed by atoms with E-state index in [1.165, 1.54) is 5.56 Å². The summed E-state index contributed by atoms with van der Waals surface area (Å²) in [5.41, 5.74) is 8.17. The number of hydrogen-bond acceptors (Lipinski definition) is 2. The second-order valence-electron chi connectivity index (χ2n) is 4.44. The summed E-state index contributed by atoms with van der Waals surface area (Å²) in [5, 5.41) is 2.92. The minimum absolute atomic E-state index is 0.0746. The third kappa shape index (κ3) is 3.37. The lowest BCUT2D eigenvalue weighted by molar-refractivity contribution is 0.0945. The van der Waals surface area contributed by atoms with Crippen molar-refractivity contribution in [3.63, 3.8) is 0 Å². The number of amides is 1. The highest BCUT2D eigenvalue weighted by Crippen LogP contribution is 2.10. The lowest BCUT2D eigenvalue weighted by Crippen LogP contribution is -2.27. The Bertz CT molecular complexity index is 546. The first-order valence-corrected chi connectivity index (χ1v) is 6.48. The van der Waals surface area contributed by atoms with Gasteiger partial charge in [-0.1, -0.05) is 30.3 Å². The van der Waals surface area contributed by atoms with Gasteiger partial charge in [0.1, 0.15) is 5.69 Å². The quantitative estimate of drug-likeness (QED) is 0.861. The van der Waals surface area contributed by atoms with Gasteiger partial charge < -0.3 is 15.6 Å². The van der Waals surface area contributed by atoms with Crippen LogP contribution < -0.4 is 11.1 Å². The van der Waals surface area contributed by atoms with Crippen LogP contribution in [-0.2, 0) is 13.0 Å². The van der Waals surface area contributed by atoms with E-state index in [9.17, 15) is 4.79 Å². The molecule has 0 aliphatic carbocycles. The average Bonchev–Trinajstić information content (AvgIpc) is 2.81. The zero-order valence-electron chi connectivity index (χ0n) is 11.1. The number of carbonyl (C=O) groups is 1. The predicted octanol–water partition coefficient (Wildman–Crippen LogP) is 2.06. The van der Waals surface area contributed by atoms with Crippen LogP contribution in [0.5, 0.6) is 0 Å². The lowest BCUT2D eigenvalue weighted by atomic mass is 10.1. The van der Waals surface area contributed by atoms with Crippen LogP contribution in [0.25, 0.3) is 0 Å². The molecule has 0 aliphatic heterocycles. The molecule has 0 spiro atoms. The van der Waals surface area contributed by atoms with Gasteiger partial charge in [0.2, 0.25) is 0 Å². The van der Waals surface area contributed by atoms with Gasteiger partial charge >= 0.3 is 0 Å². The van der Waals surface area contributed by atoms with E-state index in [-0.39, 0.29) is 5.91 Å². The van der Waals surface area contributed by atoms with Crippen molar-refractivity contribution in [2.75, 3.05) is 12.3 Å². The van der Waals surface area contributed by atoms with Gasteiger partial charge in [0.05, 0.1) is 5.69 Å². The number of rotatable bonds is 5. The first kappa shape index (κ1) is 13.2. The molecule has 4 nitrogen and oxygen atoms in total. The number of nitrogens with zero attached hydrogens (tertiary/aromatic N) is 1. The van der Waals surface area contributed by atoms with E-state index in [4.69, 9.17) is 5.73 Å². The molecule has 0 saturated heterocycles. The molecule has 0 unspecified atom stereocenters. The smallest absolute Gasteiger partial charge is 0.267 e. The largest absolute Gasteiger partial charge is 0.397 e. The van der Waals surface area contributed by atoms with Gasteiger partial charge in [0.25, 0.3) is 5.91 Å². The van der Waals surface area contributed by atoms with Crippen molar-refractivity contribution in [1.82, 2.24) is 9.88 Å². The summed E-state index contributed by atoms with van der Waals surface area (Å²) in [4.78, 5) is 12.0. The number of benzene rings is 1. The molecule has 1 heterocycles.